The maximum Gasteiger partial charge on any atom is 0.372 e. The molecular weight excluding hydrogens is 198 g/mol. The third-order valence-electron chi connectivity index (χ3n) is 2.06. The van der Waals surface area contributed by atoms with Crippen molar-refractivity contribution in [2.75, 3.05) is 13.2 Å². The zero-order valence-corrected chi connectivity index (χ0v) is 8.56. The number of hydrogen-bond acceptors (Lipinski definition) is 4. The molecule has 1 aromatic rings. The molecule has 5 heteroatoms. The van der Waals surface area contributed by atoms with Crippen LogP contribution in [0.5, 0.6) is 0 Å². The van der Waals surface area contributed by atoms with Crippen LogP contribution >= 0.6 is 0 Å². The monoisotopic (exact) mass is 213 g/mol. The molecule has 0 bridgehead atoms. The fourth-order valence-electron chi connectivity index (χ4n) is 1.18. The molecule has 1 unspecified atom stereocenters. The lowest BCUT2D eigenvalue weighted by molar-refractivity contribution is 0.0660. The van der Waals surface area contributed by atoms with Gasteiger partial charge in [-0.05, 0) is 12.0 Å². The summed E-state index contributed by atoms with van der Waals surface area (Å²) in [6.07, 6.45) is 1.36. The van der Waals surface area contributed by atoms with Crippen LogP contribution in [0.3, 0.4) is 0 Å². The van der Waals surface area contributed by atoms with Gasteiger partial charge in [-0.3, -0.25) is 0 Å². The minimum absolute atomic E-state index is 0.0286. The highest BCUT2D eigenvalue weighted by Gasteiger charge is 2.13. The van der Waals surface area contributed by atoms with Gasteiger partial charge in [-0.2, -0.15) is 0 Å². The van der Waals surface area contributed by atoms with E-state index in [1.165, 1.54) is 6.26 Å². The van der Waals surface area contributed by atoms with E-state index in [1.807, 2.05) is 6.92 Å². The van der Waals surface area contributed by atoms with E-state index in [4.69, 9.17) is 14.6 Å². The Bertz CT molecular complexity index is 321. The number of carboxylic acid groups (broad SMARTS) is 1. The summed E-state index contributed by atoms with van der Waals surface area (Å²) in [4.78, 5) is 10.7. The molecule has 0 aliphatic heterocycles. The molecule has 0 saturated heterocycles. The van der Waals surface area contributed by atoms with Gasteiger partial charge in [0.1, 0.15) is 0 Å². The standard InChI is InChI=1S/C10H15NO4/c1-7(6-12)4-11-5-8-2-3-15-9(8)10(13)14/h2-3,7,11-12H,4-6H2,1H3,(H,13,14). The minimum Gasteiger partial charge on any atom is -0.475 e. The van der Waals surface area contributed by atoms with Crippen LogP contribution in [0.25, 0.3) is 0 Å². The summed E-state index contributed by atoms with van der Waals surface area (Å²) < 4.78 is 4.82. The van der Waals surface area contributed by atoms with Crippen molar-refractivity contribution in [3.63, 3.8) is 0 Å². The van der Waals surface area contributed by atoms with Gasteiger partial charge in [-0.25, -0.2) is 4.79 Å². The smallest absolute Gasteiger partial charge is 0.372 e. The first kappa shape index (κ1) is 11.7. The average Bonchev–Trinajstić information content (AvgIpc) is 2.65. The average molecular weight is 213 g/mol. The molecule has 0 aliphatic rings. The Hall–Kier alpha value is -1.33. The molecule has 84 valence electrons. The molecule has 0 spiro atoms. The SMILES string of the molecule is CC(CO)CNCc1ccoc1C(=O)O. The summed E-state index contributed by atoms with van der Waals surface area (Å²) >= 11 is 0. The van der Waals surface area contributed by atoms with Gasteiger partial charge in [-0.15, -0.1) is 0 Å². The van der Waals surface area contributed by atoms with E-state index in [2.05, 4.69) is 5.32 Å². The Kier molecular flexibility index (Phi) is 4.33. The number of carbonyl (C=O) groups is 1. The predicted octanol–water partition coefficient (Wildman–Crippen LogP) is 0.696. The van der Waals surface area contributed by atoms with E-state index >= 15 is 0 Å². The lowest BCUT2D eigenvalue weighted by Crippen LogP contribution is -2.23. The lowest BCUT2D eigenvalue weighted by atomic mass is 10.2. The topological polar surface area (TPSA) is 82.7 Å². The van der Waals surface area contributed by atoms with Gasteiger partial charge in [0.05, 0.1) is 6.26 Å². The summed E-state index contributed by atoms with van der Waals surface area (Å²) in [6, 6.07) is 1.63. The van der Waals surface area contributed by atoms with Crippen LogP contribution < -0.4 is 5.32 Å². The first-order valence-electron chi connectivity index (χ1n) is 4.76. The molecule has 0 fully saturated rings. The summed E-state index contributed by atoms with van der Waals surface area (Å²) in [5, 5.41) is 20.6. The number of hydrogen-bond donors (Lipinski definition) is 3. The van der Waals surface area contributed by atoms with Crippen LogP contribution in [-0.4, -0.2) is 29.3 Å². The zero-order chi connectivity index (χ0) is 11.3. The highest BCUT2D eigenvalue weighted by atomic mass is 16.4. The van der Waals surface area contributed by atoms with E-state index in [1.54, 1.807) is 6.07 Å². The van der Waals surface area contributed by atoms with Gasteiger partial charge in [0.15, 0.2) is 0 Å². The molecule has 1 aromatic heterocycles. The van der Waals surface area contributed by atoms with E-state index < -0.39 is 5.97 Å². The van der Waals surface area contributed by atoms with Gasteiger partial charge < -0.3 is 19.9 Å². The molecule has 15 heavy (non-hydrogen) atoms. The highest BCUT2D eigenvalue weighted by molar-refractivity contribution is 5.86. The highest BCUT2D eigenvalue weighted by Crippen LogP contribution is 2.10. The van der Waals surface area contributed by atoms with Crippen LogP contribution in [0.2, 0.25) is 0 Å². The fourth-order valence-corrected chi connectivity index (χ4v) is 1.18. The normalized spacial score (nSPS) is 12.7. The van der Waals surface area contributed by atoms with Crippen LogP contribution in [-0.2, 0) is 6.54 Å². The van der Waals surface area contributed by atoms with E-state index in [0.717, 1.165) is 0 Å². The third kappa shape index (κ3) is 3.38. The van der Waals surface area contributed by atoms with E-state index in [-0.39, 0.29) is 18.3 Å². The second-order valence-corrected chi connectivity index (χ2v) is 3.50. The molecule has 1 rings (SSSR count). The number of aliphatic hydroxyl groups excluding tert-OH is 1. The van der Waals surface area contributed by atoms with Crippen LogP contribution in [0, 0.1) is 5.92 Å². The van der Waals surface area contributed by atoms with Gasteiger partial charge in [0.2, 0.25) is 5.76 Å². The lowest BCUT2D eigenvalue weighted by Gasteiger charge is -2.08. The maximum atomic E-state index is 10.7. The van der Waals surface area contributed by atoms with E-state index in [0.29, 0.717) is 18.7 Å². The van der Waals surface area contributed by atoms with Crippen molar-refractivity contribution in [1.82, 2.24) is 5.32 Å². The Labute approximate surface area is 87.7 Å². The zero-order valence-electron chi connectivity index (χ0n) is 8.56. The summed E-state index contributed by atoms with van der Waals surface area (Å²) in [5.74, 6) is -0.934. The van der Waals surface area contributed by atoms with Crippen molar-refractivity contribution in [3.8, 4) is 0 Å². The minimum atomic E-state index is -1.06. The van der Waals surface area contributed by atoms with Crippen molar-refractivity contribution in [2.24, 2.45) is 5.92 Å². The quantitative estimate of drug-likeness (QED) is 0.647. The van der Waals surface area contributed by atoms with E-state index in [9.17, 15) is 4.79 Å². The van der Waals surface area contributed by atoms with Crippen molar-refractivity contribution in [3.05, 3.63) is 23.7 Å². The number of nitrogens with one attached hydrogen (secondary N) is 1. The van der Waals surface area contributed by atoms with Gasteiger partial charge >= 0.3 is 5.97 Å². The van der Waals surface area contributed by atoms with Crippen LogP contribution in [0.4, 0.5) is 0 Å². The second-order valence-electron chi connectivity index (χ2n) is 3.50. The predicted molar refractivity (Wildman–Crippen MR) is 53.6 cm³/mol. The second kappa shape index (κ2) is 5.53. The number of aromatic carboxylic acids is 1. The van der Waals surface area contributed by atoms with Gasteiger partial charge in [0.25, 0.3) is 0 Å². The molecule has 3 N–H and O–H groups in total. The number of carboxylic acids is 1. The van der Waals surface area contributed by atoms with Crippen molar-refractivity contribution < 1.29 is 19.4 Å². The molecule has 0 aromatic carbocycles. The van der Waals surface area contributed by atoms with Gasteiger partial charge in [0, 0.05) is 25.3 Å². The first-order valence-corrected chi connectivity index (χ1v) is 4.76. The summed E-state index contributed by atoms with van der Waals surface area (Å²) in [7, 11) is 0. The molecule has 0 aliphatic carbocycles. The Morgan fingerprint density at radius 2 is 2.40 bits per heavy atom. The van der Waals surface area contributed by atoms with Crippen molar-refractivity contribution >= 4 is 5.97 Å². The Morgan fingerprint density at radius 3 is 3.00 bits per heavy atom. The molecular formula is C10H15NO4. The number of furan rings is 1. The fraction of sp³-hybridized carbons (Fsp3) is 0.500. The molecule has 0 saturated carbocycles. The Balaban J connectivity index is 2.44. The largest absolute Gasteiger partial charge is 0.475 e. The third-order valence-corrected chi connectivity index (χ3v) is 2.06. The maximum absolute atomic E-state index is 10.7. The number of aliphatic hydroxyl groups is 1. The van der Waals surface area contributed by atoms with Crippen molar-refractivity contribution in [1.29, 1.82) is 0 Å². The molecule has 0 amide bonds. The van der Waals surface area contributed by atoms with Crippen LogP contribution in [0.15, 0.2) is 16.7 Å². The molecule has 5 nitrogen and oxygen atoms in total. The molecule has 1 heterocycles. The summed E-state index contributed by atoms with van der Waals surface area (Å²) in [6.45, 7) is 3.09. The Morgan fingerprint density at radius 1 is 1.67 bits per heavy atom. The van der Waals surface area contributed by atoms with Crippen molar-refractivity contribution in [2.45, 2.75) is 13.5 Å². The molecule has 1 atom stereocenters. The summed E-state index contributed by atoms with van der Waals surface area (Å²) in [5.41, 5.74) is 0.618. The van der Waals surface area contributed by atoms with Crippen LogP contribution in [0.1, 0.15) is 23.0 Å². The first-order chi connectivity index (χ1) is 7.15. The molecule has 0 radical (unpaired) electrons. The van der Waals surface area contributed by atoms with Gasteiger partial charge in [-0.1, -0.05) is 6.92 Å². The number of rotatable bonds is 6.